The largest absolute Gasteiger partial charge is 0.497 e. The first-order valence-corrected chi connectivity index (χ1v) is 11.3. The SMILES string of the molecule is COc1ccc(OC)c(CNC(=O)C(Cc2c[nH]c3ccccc23)NC(=O)c2cccs2)c1. The van der Waals surface area contributed by atoms with E-state index in [0.29, 0.717) is 22.8 Å². The van der Waals surface area contributed by atoms with E-state index in [-0.39, 0.29) is 18.4 Å². The summed E-state index contributed by atoms with van der Waals surface area (Å²) in [7, 11) is 3.16. The van der Waals surface area contributed by atoms with E-state index < -0.39 is 6.04 Å². The quantitative estimate of drug-likeness (QED) is 0.351. The van der Waals surface area contributed by atoms with Crippen LogP contribution >= 0.6 is 11.3 Å². The smallest absolute Gasteiger partial charge is 0.262 e. The van der Waals surface area contributed by atoms with Crippen molar-refractivity contribution in [2.45, 2.75) is 19.0 Å². The van der Waals surface area contributed by atoms with Crippen molar-refractivity contribution in [1.29, 1.82) is 0 Å². The highest BCUT2D eigenvalue weighted by molar-refractivity contribution is 7.12. The summed E-state index contributed by atoms with van der Waals surface area (Å²) in [6.07, 6.45) is 2.23. The molecule has 0 radical (unpaired) electrons. The fourth-order valence-electron chi connectivity index (χ4n) is 3.69. The molecule has 33 heavy (non-hydrogen) atoms. The van der Waals surface area contributed by atoms with Crippen molar-refractivity contribution in [1.82, 2.24) is 15.6 Å². The van der Waals surface area contributed by atoms with Crippen molar-refractivity contribution in [2.24, 2.45) is 0 Å². The molecule has 7 nitrogen and oxygen atoms in total. The van der Waals surface area contributed by atoms with Gasteiger partial charge in [0.05, 0.1) is 19.1 Å². The first-order valence-electron chi connectivity index (χ1n) is 10.5. The van der Waals surface area contributed by atoms with E-state index in [1.54, 1.807) is 32.4 Å². The van der Waals surface area contributed by atoms with Crippen LogP contribution in [0.2, 0.25) is 0 Å². The number of H-pyrrole nitrogens is 1. The molecule has 2 heterocycles. The van der Waals surface area contributed by atoms with Crippen LogP contribution < -0.4 is 20.1 Å². The van der Waals surface area contributed by atoms with Gasteiger partial charge in [-0.3, -0.25) is 9.59 Å². The normalized spacial score (nSPS) is 11.7. The molecule has 3 N–H and O–H groups in total. The van der Waals surface area contributed by atoms with Crippen molar-refractivity contribution in [2.75, 3.05) is 14.2 Å². The second kappa shape index (κ2) is 10.2. The summed E-state index contributed by atoms with van der Waals surface area (Å²) in [5.74, 6) is 0.757. The lowest BCUT2D eigenvalue weighted by Gasteiger charge is -2.19. The molecule has 0 aliphatic heterocycles. The number of ether oxygens (including phenoxy) is 2. The number of amides is 2. The Morgan fingerprint density at radius 1 is 1.03 bits per heavy atom. The zero-order valence-corrected chi connectivity index (χ0v) is 19.2. The highest BCUT2D eigenvalue weighted by Crippen LogP contribution is 2.24. The van der Waals surface area contributed by atoms with E-state index in [1.807, 2.05) is 48.0 Å². The zero-order valence-electron chi connectivity index (χ0n) is 18.4. The second-order valence-electron chi connectivity index (χ2n) is 7.46. The second-order valence-corrected chi connectivity index (χ2v) is 8.41. The van der Waals surface area contributed by atoms with Gasteiger partial charge in [0.15, 0.2) is 0 Å². The fourth-order valence-corrected chi connectivity index (χ4v) is 4.32. The molecule has 0 aliphatic carbocycles. The van der Waals surface area contributed by atoms with Gasteiger partial charge in [0.25, 0.3) is 5.91 Å². The maximum atomic E-state index is 13.2. The molecule has 170 valence electrons. The number of benzene rings is 2. The van der Waals surface area contributed by atoms with Crippen molar-refractivity contribution >= 4 is 34.1 Å². The number of methoxy groups -OCH3 is 2. The van der Waals surface area contributed by atoms with E-state index in [4.69, 9.17) is 9.47 Å². The maximum absolute atomic E-state index is 13.2. The summed E-state index contributed by atoms with van der Waals surface area (Å²) in [4.78, 5) is 29.8. The number of thiophene rings is 1. The predicted octanol–water partition coefficient (Wildman–Crippen LogP) is 3.90. The Kier molecular flexibility index (Phi) is 6.95. The van der Waals surface area contributed by atoms with Gasteiger partial charge in [-0.2, -0.15) is 0 Å². The number of para-hydroxylation sites is 1. The number of aromatic nitrogens is 1. The Bertz CT molecular complexity index is 1250. The third-order valence-corrected chi connectivity index (χ3v) is 6.28. The van der Waals surface area contributed by atoms with Crippen LogP contribution in [0, 0.1) is 0 Å². The van der Waals surface area contributed by atoms with Gasteiger partial charge in [0.2, 0.25) is 5.91 Å². The molecule has 0 fully saturated rings. The molecule has 0 saturated carbocycles. The van der Waals surface area contributed by atoms with E-state index in [2.05, 4.69) is 15.6 Å². The highest BCUT2D eigenvalue weighted by Gasteiger charge is 2.24. The number of carbonyl (C=O) groups is 2. The third-order valence-electron chi connectivity index (χ3n) is 5.41. The number of carbonyl (C=O) groups excluding carboxylic acids is 2. The van der Waals surface area contributed by atoms with Crippen LogP contribution in [0.15, 0.2) is 66.2 Å². The minimum Gasteiger partial charge on any atom is -0.497 e. The van der Waals surface area contributed by atoms with E-state index in [1.165, 1.54) is 11.3 Å². The van der Waals surface area contributed by atoms with E-state index >= 15 is 0 Å². The van der Waals surface area contributed by atoms with Gasteiger partial charge < -0.3 is 25.1 Å². The third kappa shape index (κ3) is 5.18. The minimum atomic E-state index is -0.754. The molecule has 2 aromatic heterocycles. The van der Waals surface area contributed by atoms with Crippen molar-refractivity contribution in [3.8, 4) is 11.5 Å². The molecule has 1 unspecified atom stereocenters. The Balaban J connectivity index is 1.54. The van der Waals surface area contributed by atoms with Crippen molar-refractivity contribution < 1.29 is 19.1 Å². The van der Waals surface area contributed by atoms with E-state index in [9.17, 15) is 9.59 Å². The average Bonchev–Trinajstić information content (AvgIpc) is 3.52. The van der Waals surface area contributed by atoms with Gasteiger partial charge in [-0.15, -0.1) is 11.3 Å². The van der Waals surface area contributed by atoms with Crippen LogP contribution in [0.3, 0.4) is 0 Å². The molecule has 8 heteroatoms. The highest BCUT2D eigenvalue weighted by atomic mass is 32.1. The monoisotopic (exact) mass is 463 g/mol. The Labute approximate surface area is 195 Å². The molecule has 0 bridgehead atoms. The topological polar surface area (TPSA) is 92.4 Å². The Morgan fingerprint density at radius 3 is 2.64 bits per heavy atom. The zero-order chi connectivity index (χ0) is 23.2. The van der Waals surface area contributed by atoms with Crippen LogP contribution in [-0.2, 0) is 17.8 Å². The van der Waals surface area contributed by atoms with Gasteiger partial charge in [0.1, 0.15) is 17.5 Å². The first kappa shape index (κ1) is 22.4. The lowest BCUT2D eigenvalue weighted by molar-refractivity contribution is -0.123. The lowest BCUT2D eigenvalue weighted by Crippen LogP contribution is -2.47. The fraction of sp³-hybridized carbons (Fsp3) is 0.200. The van der Waals surface area contributed by atoms with Crippen molar-refractivity contribution in [3.63, 3.8) is 0 Å². The van der Waals surface area contributed by atoms with Gasteiger partial charge in [-0.05, 0) is 41.3 Å². The molecule has 2 aromatic carbocycles. The molecule has 4 aromatic rings. The average molecular weight is 464 g/mol. The molecular weight excluding hydrogens is 438 g/mol. The summed E-state index contributed by atoms with van der Waals surface area (Å²) >= 11 is 1.33. The first-order chi connectivity index (χ1) is 16.1. The van der Waals surface area contributed by atoms with Gasteiger partial charge >= 0.3 is 0 Å². The van der Waals surface area contributed by atoms with Crippen LogP contribution in [0.25, 0.3) is 10.9 Å². The number of hydrogen-bond donors (Lipinski definition) is 3. The molecule has 0 aliphatic rings. The standard InChI is InChI=1S/C25H25N3O4S/c1-31-18-9-10-22(32-2)17(12-18)15-27-24(29)21(28-25(30)23-8-5-11-33-23)13-16-14-26-20-7-4-3-6-19(16)20/h3-12,14,21,26H,13,15H2,1-2H3,(H,27,29)(H,28,30). The summed E-state index contributed by atoms with van der Waals surface area (Å²) in [5.41, 5.74) is 2.72. The number of hydrogen-bond acceptors (Lipinski definition) is 5. The number of rotatable bonds is 9. The van der Waals surface area contributed by atoms with Gasteiger partial charge in [0, 0.05) is 35.6 Å². The maximum Gasteiger partial charge on any atom is 0.262 e. The van der Waals surface area contributed by atoms with Crippen LogP contribution in [0.4, 0.5) is 0 Å². The molecule has 2 amide bonds. The molecule has 0 spiro atoms. The van der Waals surface area contributed by atoms with Crippen LogP contribution in [0.1, 0.15) is 20.8 Å². The molecule has 0 saturated heterocycles. The van der Waals surface area contributed by atoms with Crippen molar-refractivity contribution in [3.05, 3.63) is 82.2 Å². The van der Waals surface area contributed by atoms with Crippen LogP contribution in [-0.4, -0.2) is 37.1 Å². The lowest BCUT2D eigenvalue weighted by atomic mass is 10.0. The number of nitrogens with one attached hydrogen (secondary N) is 3. The summed E-state index contributed by atoms with van der Waals surface area (Å²) in [6, 6.07) is 16.1. The number of fused-ring (bicyclic) bond motifs is 1. The molecular formula is C25H25N3O4S. The number of aromatic amines is 1. The Hall–Kier alpha value is -3.78. The molecule has 1 atom stereocenters. The summed E-state index contributed by atoms with van der Waals surface area (Å²) in [6.45, 7) is 0.235. The molecule has 4 rings (SSSR count). The Morgan fingerprint density at radius 2 is 1.88 bits per heavy atom. The van der Waals surface area contributed by atoms with Gasteiger partial charge in [-0.1, -0.05) is 24.3 Å². The predicted molar refractivity (Wildman–Crippen MR) is 129 cm³/mol. The van der Waals surface area contributed by atoms with Crippen LogP contribution in [0.5, 0.6) is 11.5 Å². The summed E-state index contributed by atoms with van der Waals surface area (Å²) < 4.78 is 10.7. The summed E-state index contributed by atoms with van der Waals surface area (Å²) in [5, 5.41) is 8.69. The minimum absolute atomic E-state index is 0.235. The van der Waals surface area contributed by atoms with Gasteiger partial charge in [-0.25, -0.2) is 0 Å². The van der Waals surface area contributed by atoms with E-state index in [0.717, 1.165) is 22.0 Å².